The summed E-state index contributed by atoms with van der Waals surface area (Å²) >= 11 is 0. The summed E-state index contributed by atoms with van der Waals surface area (Å²) in [7, 11) is 5.89. The molecule has 1 aromatic rings. The first-order valence-corrected chi connectivity index (χ1v) is 8.46. The summed E-state index contributed by atoms with van der Waals surface area (Å²) in [4.78, 5) is 6.34. The van der Waals surface area contributed by atoms with Gasteiger partial charge < -0.3 is 20.3 Å². The molecule has 0 saturated heterocycles. The fraction of sp³-hybridized carbons (Fsp3) is 0.611. The molecule has 0 saturated carbocycles. The van der Waals surface area contributed by atoms with Gasteiger partial charge in [-0.15, -0.1) is 24.0 Å². The van der Waals surface area contributed by atoms with Crippen molar-refractivity contribution in [2.75, 3.05) is 45.8 Å². The molecular formula is C18H33IN4O. The summed E-state index contributed by atoms with van der Waals surface area (Å²) in [6, 6.07) is 8.52. The number of nitrogens with zero attached hydrogens (tertiary/aromatic N) is 2. The third-order valence-electron chi connectivity index (χ3n) is 3.54. The molecule has 0 fully saturated rings. The summed E-state index contributed by atoms with van der Waals surface area (Å²) in [6.07, 6.45) is 3.32. The maximum Gasteiger partial charge on any atom is 0.191 e. The molecule has 0 amide bonds. The Morgan fingerprint density at radius 3 is 2.33 bits per heavy atom. The third-order valence-corrected chi connectivity index (χ3v) is 3.54. The van der Waals surface area contributed by atoms with E-state index >= 15 is 0 Å². The molecule has 1 rings (SSSR count). The Kier molecular flexibility index (Phi) is 13.7. The fourth-order valence-electron chi connectivity index (χ4n) is 2.05. The zero-order valence-corrected chi connectivity index (χ0v) is 17.8. The first-order chi connectivity index (χ1) is 11.2. The van der Waals surface area contributed by atoms with Gasteiger partial charge in [-0.25, -0.2) is 0 Å². The van der Waals surface area contributed by atoms with Crippen LogP contribution in [0.15, 0.2) is 29.3 Å². The minimum atomic E-state index is 0. The van der Waals surface area contributed by atoms with Gasteiger partial charge in [-0.05, 0) is 30.5 Å². The first kappa shape index (κ1) is 23.0. The Bertz CT molecular complexity index is 449. The summed E-state index contributed by atoms with van der Waals surface area (Å²) in [5, 5.41) is 6.64. The van der Waals surface area contributed by atoms with Gasteiger partial charge in [0, 0.05) is 53.1 Å². The van der Waals surface area contributed by atoms with Crippen molar-refractivity contribution < 1.29 is 4.74 Å². The van der Waals surface area contributed by atoms with Crippen LogP contribution in [0.25, 0.3) is 0 Å². The molecule has 0 heterocycles. The van der Waals surface area contributed by atoms with Crippen LogP contribution in [0.1, 0.15) is 31.7 Å². The lowest BCUT2D eigenvalue weighted by atomic mass is 10.2. The topological polar surface area (TPSA) is 48.9 Å². The second kappa shape index (κ2) is 14.3. The predicted molar refractivity (Wildman–Crippen MR) is 115 cm³/mol. The summed E-state index contributed by atoms with van der Waals surface area (Å²) in [5.41, 5.74) is 2.45. The molecule has 0 unspecified atom stereocenters. The van der Waals surface area contributed by atoms with Crippen molar-refractivity contribution in [3.63, 3.8) is 0 Å². The highest BCUT2D eigenvalue weighted by Crippen LogP contribution is 2.11. The van der Waals surface area contributed by atoms with Gasteiger partial charge >= 0.3 is 0 Å². The number of guanidine groups is 1. The Labute approximate surface area is 164 Å². The maximum absolute atomic E-state index is 5.55. The van der Waals surface area contributed by atoms with Crippen molar-refractivity contribution in [2.24, 2.45) is 4.99 Å². The van der Waals surface area contributed by atoms with Crippen LogP contribution in [-0.2, 0) is 11.3 Å². The van der Waals surface area contributed by atoms with E-state index in [9.17, 15) is 0 Å². The Balaban J connectivity index is 0.00000529. The van der Waals surface area contributed by atoms with Crippen LogP contribution in [-0.4, -0.2) is 46.9 Å². The van der Waals surface area contributed by atoms with E-state index in [1.165, 1.54) is 17.7 Å². The standard InChI is InChI=1S/C18H32N4O.HI/c1-5-6-13-23-14-7-12-20-18(19-2)21-15-16-8-10-17(11-9-16)22(3)4;/h8-11H,5-7,12-15H2,1-4H3,(H2,19,20,21);1H. The number of rotatable bonds is 10. The monoisotopic (exact) mass is 448 g/mol. The fourth-order valence-corrected chi connectivity index (χ4v) is 2.05. The highest BCUT2D eigenvalue weighted by molar-refractivity contribution is 14.0. The number of hydrogen-bond acceptors (Lipinski definition) is 3. The Morgan fingerprint density at radius 2 is 1.75 bits per heavy atom. The molecule has 0 spiro atoms. The van der Waals surface area contributed by atoms with Crippen molar-refractivity contribution in [3.8, 4) is 0 Å². The third kappa shape index (κ3) is 9.97. The molecule has 2 N–H and O–H groups in total. The SMILES string of the molecule is CCCCOCCCNC(=NC)NCc1ccc(N(C)C)cc1.I. The molecule has 0 aliphatic carbocycles. The van der Waals surface area contributed by atoms with E-state index in [-0.39, 0.29) is 24.0 Å². The molecule has 5 nitrogen and oxygen atoms in total. The van der Waals surface area contributed by atoms with Crippen LogP contribution in [0, 0.1) is 0 Å². The molecule has 6 heteroatoms. The van der Waals surface area contributed by atoms with Gasteiger partial charge in [0.05, 0.1) is 0 Å². The van der Waals surface area contributed by atoms with E-state index in [0.717, 1.165) is 45.1 Å². The molecule has 0 aliphatic rings. The number of anilines is 1. The molecular weight excluding hydrogens is 415 g/mol. The minimum absolute atomic E-state index is 0. The van der Waals surface area contributed by atoms with Gasteiger partial charge in [-0.2, -0.15) is 0 Å². The second-order valence-corrected chi connectivity index (χ2v) is 5.73. The molecule has 0 aromatic heterocycles. The van der Waals surface area contributed by atoms with Crippen molar-refractivity contribution in [3.05, 3.63) is 29.8 Å². The normalized spacial score (nSPS) is 10.9. The van der Waals surface area contributed by atoms with Crippen LogP contribution >= 0.6 is 24.0 Å². The average Bonchev–Trinajstić information content (AvgIpc) is 2.57. The summed E-state index contributed by atoms with van der Waals surface area (Å²) in [5.74, 6) is 0.829. The van der Waals surface area contributed by atoms with E-state index < -0.39 is 0 Å². The molecule has 0 atom stereocenters. The van der Waals surface area contributed by atoms with Crippen molar-refractivity contribution in [1.29, 1.82) is 0 Å². The number of benzene rings is 1. The zero-order chi connectivity index (χ0) is 16.9. The van der Waals surface area contributed by atoms with Crippen LogP contribution in [0.4, 0.5) is 5.69 Å². The Hall–Kier alpha value is -1.02. The minimum Gasteiger partial charge on any atom is -0.381 e. The van der Waals surface area contributed by atoms with Gasteiger partial charge in [-0.3, -0.25) is 4.99 Å². The van der Waals surface area contributed by atoms with Crippen LogP contribution in [0.5, 0.6) is 0 Å². The van der Waals surface area contributed by atoms with Crippen LogP contribution < -0.4 is 15.5 Å². The van der Waals surface area contributed by atoms with E-state index in [0.29, 0.717) is 0 Å². The van der Waals surface area contributed by atoms with E-state index in [1.807, 2.05) is 14.1 Å². The highest BCUT2D eigenvalue weighted by Gasteiger charge is 1.99. The van der Waals surface area contributed by atoms with Gasteiger partial charge in [0.1, 0.15) is 0 Å². The lowest BCUT2D eigenvalue weighted by Gasteiger charge is -2.14. The largest absolute Gasteiger partial charge is 0.381 e. The lowest BCUT2D eigenvalue weighted by molar-refractivity contribution is 0.129. The molecule has 0 radical (unpaired) electrons. The highest BCUT2D eigenvalue weighted by atomic mass is 127. The van der Waals surface area contributed by atoms with Gasteiger partial charge in [0.2, 0.25) is 0 Å². The lowest BCUT2D eigenvalue weighted by Crippen LogP contribution is -2.37. The number of unbranched alkanes of at least 4 members (excludes halogenated alkanes) is 1. The van der Waals surface area contributed by atoms with E-state index in [4.69, 9.17) is 4.74 Å². The van der Waals surface area contributed by atoms with Crippen LogP contribution in [0.2, 0.25) is 0 Å². The molecule has 0 aliphatic heterocycles. The number of halogens is 1. The molecule has 1 aromatic carbocycles. The summed E-state index contributed by atoms with van der Waals surface area (Å²) < 4.78 is 5.55. The molecule has 138 valence electrons. The van der Waals surface area contributed by atoms with Crippen molar-refractivity contribution in [2.45, 2.75) is 32.7 Å². The van der Waals surface area contributed by atoms with Gasteiger partial charge in [0.15, 0.2) is 5.96 Å². The molecule has 24 heavy (non-hydrogen) atoms. The zero-order valence-electron chi connectivity index (χ0n) is 15.5. The number of nitrogens with one attached hydrogen (secondary N) is 2. The summed E-state index contributed by atoms with van der Waals surface area (Å²) in [6.45, 7) is 5.47. The van der Waals surface area contributed by atoms with Crippen molar-refractivity contribution in [1.82, 2.24) is 10.6 Å². The quantitative estimate of drug-likeness (QED) is 0.250. The van der Waals surface area contributed by atoms with E-state index in [1.54, 1.807) is 7.05 Å². The van der Waals surface area contributed by atoms with Gasteiger partial charge in [-0.1, -0.05) is 25.5 Å². The Morgan fingerprint density at radius 1 is 1.08 bits per heavy atom. The average molecular weight is 448 g/mol. The smallest absolute Gasteiger partial charge is 0.191 e. The number of hydrogen-bond donors (Lipinski definition) is 2. The van der Waals surface area contributed by atoms with Crippen LogP contribution in [0.3, 0.4) is 0 Å². The van der Waals surface area contributed by atoms with Gasteiger partial charge in [0.25, 0.3) is 0 Å². The predicted octanol–water partition coefficient (Wildman–Crippen LogP) is 3.24. The number of ether oxygens (including phenoxy) is 1. The molecule has 0 bridgehead atoms. The van der Waals surface area contributed by atoms with E-state index in [2.05, 4.69) is 51.7 Å². The van der Waals surface area contributed by atoms with Crippen molar-refractivity contribution >= 4 is 35.6 Å². The number of aliphatic imine (C=N–C) groups is 1. The first-order valence-electron chi connectivity index (χ1n) is 8.46. The maximum atomic E-state index is 5.55. The second-order valence-electron chi connectivity index (χ2n) is 5.73.